The average Bonchev–Trinajstić information content (AvgIpc) is 2.17. The van der Waals surface area contributed by atoms with E-state index >= 15 is 0 Å². The molecule has 15 heavy (non-hydrogen) atoms. The first kappa shape index (κ1) is 12.5. The van der Waals surface area contributed by atoms with Crippen molar-refractivity contribution in [1.82, 2.24) is 0 Å². The third-order valence-electron chi connectivity index (χ3n) is 1.83. The highest BCUT2D eigenvalue weighted by Gasteiger charge is 2.30. The molecular formula is C11H14F2OS. The van der Waals surface area contributed by atoms with E-state index in [1.54, 1.807) is 12.1 Å². The summed E-state index contributed by atoms with van der Waals surface area (Å²) < 4.78 is 26.3. The molecule has 0 aliphatic heterocycles. The summed E-state index contributed by atoms with van der Waals surface area (Å²) in [5.74, 6) is -3.15. The SMILES string of the molecule is CC(C)Sc1cccc(C(F)(F)CO)c1. The first-order chi connectivity index (χ1) is 6.95. The zero-order valence-corrected chi connectivity index (χ0v) is 9.52. The monoisotopic (exact) mass is 232 g/mol. The second-order valence-electron chi connectivity index (χ2n) is 3.56. The molecule has 1 N–H and O–H groups in total. The second-order valence-corrected chi connectivity index (χ2v) is 5.21. The largest absolute Gasteiger partial charge is 0.390 e. The minimum Gasteiger partial charge on any atom is -0.390 e. The van der Waals surface area contributed by atoms with Gasteiger partial charge >= 0.3 is 0 Å². The van der Waals surface area contributed by atoms with Gasteiger partial charge in [-0.05, 0) is 12.1 Å². The van der Waals surface area contributed by atoms with Crippen LogP contribution in [0.25, 0.3) is 0 Å². The molecule has 0 aromatic heterocycles. The Hall–Kier alpha value is -0.610. The lowest BCUT2D eigenvalue weighted by molar-refractivity contribution is -0.0557. The van der Waals surface area contributed by atoms with Crippen LogP contribution >= 0.6 is 11.8 Å². The van der Waals surface area contributed by atoms with Gasteiger partial charge in [-0.15, -0.1) is 11.8 Å². The molecule has 0 saturated heterocycles. The lowest BCUT2D eigenvalue weighted by atomic mass is 10.1. The van der Waals surface area contributed by atoms with Crippen LogP contribution in [0, 0.1) is 0 Å². The van der Waals surface area contributed by atoms with Crippen LogP contribution in [-0.2, 0) is 5.92 Å². The van der Waals surface area contributed by atoms with Gasteiger partial charge in [-0.1, -0.05) is 26.0 Å². The molecule has 0 bridgehead atoms. The van der Waals surface area contributed by atoms with Crippen LogP contribution in [0.15, 0.2) is 29.2 Å². The van der Waals surface area contributed by atoms with Gasteiger partial charge in [-0.25, -0.2) is 0 Å². The van der Waals surface area contributed by atoms with Gasteiger partial charge in [-0.3, -0.25) is 0 Å². The van der Waals surface area contributed by atoms with Crippen molar-refractivity contribution >= 4 is 11.8 Å². The van der Waals surface area contributed by atoms with Crippen LogP contribution in [0.1, 0.15) is 19.4 Å². The Labute approximate surface area is 92.5 Å². The maximum absolute atomic E-state index is 13.1. The van der Waals surface area contributed by atoms with Gasteiger partial charge in [0.1, 0.15) is 6.61 Å². The van der Waals surface area contributed by atoms with E-state index < -0.39 is 12.5 Å². The molecular weight excluding hydrogens is 218 g/mol. The van der Waals surface area contributed by atoms with Crippen molar-refractivity contribution in [3.05, 3.63) is 29.8 Å². The average molecular weight is 232 g/mol. The minimum absolute atomic E-state index is 0.129. The molecule has 0 unspecified atom stereocenters. The molecule has 0 saturated carbocycles. The summed E-state index contributed by atoms with van der Waals surface area (Å²) in [6, 6.07) is 6.15. The van der Waals surface area contributed by atoms with Crippen molar-refractivity contribution in [2.24, 2.45) is 0 Å². The molecule has 1 aromatic rings. The molecule has 0 radical (unpaired) electrons. The van der Waals surface area contributed by atoms with E-state index in [1.165, 1.54) is 23.9 Å². The van der Waals surface area contributed by atoms with E-state index in [0.29, 0.717) is 5.25 Å². The van der Waals surface area contributed by atoms with Crippen molar-refractivity contribution in [3.63, 3.8) is 0 Å². The minimum atomic E-state index is -3.15. The molecule has 0 aliphatic rings. The Morgan fingerprint density at radius 1 is 1.40 bits per heavy atom. The lowest BCUT2D eigenvalue weighted by Gasteiger charge is -2.14. The molecule has 0 atom stereocenters. The Morgan fingerprint density at radius 3 is 2.60 bits per heavy atom. The van der Waals surface area contributed by atoms with Crippen molar-refractivity contribution in [3.8, 4) is 0 Å². The summed E-state index contributed by atoms with van der Waals surface area (Å²) in [5, 5.41) is 8.91. The fourth-order valence-electron chi connectivity index (χ4n) is 1.16. The molecule has 4 heteroatoms. The van der Waals surface area contributed by atoms with Gasteiger partial charge in [0.25, 0.3) is 5.92 Å². The van der Waals surface area contributed by atoms with Gasteiger partial charge in [0.15, 0.2) is 0 Å². The smallest absolute Gasteiger partial charge is 0.295 e. The van der Waals surface area contributed by atoms with Gasteiger partial charge in [-0.2, -0.15) is 8.78 Å². The van der Waals surface area contributed by atoms with E-state index in [4.69, 9.17) is 5.11 Å². The normalized spacial score (nSPS) is 12.1. The van der Waals surface area contributed by atoms with Gasteiger partial charge in [0.05, 0.1) is 0 Å². The van der Waals surface area contributed by atoms with Crippen LogP contribution in [0.2, 0.25) is 0 Å². The fourth-order valence-corrected chi connectivity index (χ4v) is 2.06. The summed E-state index contributed by atoms with van der Waals surface area (Å²) in [7, 11) is 0. The summed E-state index contributed by atoms with van der Waals surface area (Å²) in [6.45, 7) is 2.85. The number of thioether (sulfide) groups is 1. The van der Waals surface area contributed by atoms with Gasteiger partial charge in [0, 0.05) is 15.7 Å². The number of rotatable bonds is 4. The highest BCUT2D eigenvalue weighted by molar-refractivity contribution is 7.99. The number of benzene rings is 1. The van der Waals surface area contributed by atoms with E-state index in [2.05, 4.69) is 0 Å². The fraction of sp³-hybridized carbons (Fsp3) is 0.455. The van der Waals surface area contributed by atoms with E-state index in [-0.39, 0.29) is 5.56 Å². The number of halogens is 2. The lowest BCUT2D eigenvalue weighted by Crippen LogP contribution is -2.18. The van der Waals surface area contributed by atoms with Gasteiger partial charge < -0.3 is 5.11 Å². The molecule has 84 valence electrons. The highest BCUT2D eigenvalue weighted by Crippen LogP contribution is 2.31. The molecule has 0 spiro atoms. The zero-order chi connectivity index (χ0) is 11.5. The topological polar surface area (TPSA) is 20.2 Å². The molecule has 1 rings (SSSR count). The number of aliphatic hydroxyl groups excluding tert-OH is 1. The molecule has 0 amide bonds. The van der Waals surface area contributed by atoms with Crippen molar-refractivity contribution in [2.75, 3.05) is 6.61 Å². The predicted molar refractivity (Wildman–Crippen MR) is 58.4 cm³/mol. The third-order valence-corrected chi connectivity index (χ3v) is 2.82. The molecule has 1 aromatic carbocycles. The Morgan fingerprint density at radius 2 is 2.07 bits per heavy atom. The number of aliphatic hydroxyl groups is 1. The zero-order valence-electron chi connectivity index (χ0n) is 8.71. The number of hydrogen-bond donors (Lipinski definition) is 1. The second kappa shape index (κ2) is 4.94. The third kappa shape index (κ3) is 3.47. The summed E-state index contributed by atoms with van der Waals surface area (Å²) in [5.41, 5.74) is -0.129. The Balaban J connectivity index is 2.92. The predicted octanol–water partition coefficient (Wildman–Crippen LogP) is 3.27. The number of alkyl halides is 2. The molecule has 0 heterocycles. The van der Waals surface area contributed by atoms with Crippen LogP contribution in [-0.4, -0.2) is 17.0 Å². The van der Waals surface area contributed by atoms with E-state index in [9.17, 15) is 8.78 Å². The summed E-state index contributed by atoms with van der Waals surface area (Å²) >= 11 is 1.52. The number of hydrogen-bond acceptors (Lipinski definition) is 2. The quantitative estimate of drug-likeness (QED) is 0.804. The summed E-state index contributed by atoms with van der Waals surface area (Å²) in [6.07, 6.45) is 0. The van der Waals surface area contributed by atoms with Crippen molar-refractivity contribution in [2.45, 2.75) is 29.9 Å². The summed E-state index contributed by atoms with van der Waals surface area (Å²) in [4.78, 5) is 0.802. The maximum atomic E-state index is 13.1. The van der Waals surface area contributed by atoms with Crippen molar-refractivity contribution in [1.29, 1.82) is 0 Å². The highest BCUT2D eigenvalue weighted by atomic mass is 32.2. The van der Waals surface area contributed by atoms with Crippen LogP contribution < -0.4 is 0 Å². The first-order valence-corrected chi connectivity index (χ1v) is 5.59. The first-order valence-electron chi connectivity index (χ1n) is 4.71. The van der Waals surface area contributed by atoms with Crippen molar-refractivity contribution < 1.29 is 13.9 Å². The van der Waals surface area contributed by atoms with E-state index in [1.807, 2.05) is 13.8 Å². The van der Waals surface area contributed by atoms with E-state index in [0.717, 1.165) is 4.90 Å². The maximum Gasteiger partial charge on any atom is 0.295 e. The van der Waals surface area contributed by atoms with Crippen LogP contribution in [0.5, 0.6) is 0 Å². The van der Waals surface area contributed by atoms with Crippen LogP contribution in [0.3, 0.4) is 0 Å². The molecule has 0 fully saturated rings. The van der Waals surface area contributed by atoms with Crippen LogP contribution in [0.4, 0.5) is 8.78 Å². The standard InChI is InChI=1S/C11H14F2OS/c1-8(2)15-10-5-3-4-9(6-10)11(12,13)7-14/h3-6,8,14H,7H2,1-2H3. The molecule has 0 aliphatic carbocycles. The Kier molecular flexibility index (Phi) is 4.11. The van der Waals surface area contributed by atoms with Gasteiger partial charge in [0.2, 0.25) is 0 Å². The Bertz CT molecular complexity index is 326. The molecule has 1 nitrogen and oxygen atoms in total.